The van der Waals surface area contributed by atoms with E-state index in [1.54, 1.807) is 0 Å². The second-order valence-electron chi connectivity index (χ2n) is 6.88. The molecule has 31 heavy (non-hydrogen) atoms. The minimum Gasteiger partial charge on any atom is -0.459 e. The Morgan fingerprint density at radius 3 is 2.23 bits per heavy atom. The van der Waals surface area contributed by atoms with Crippen molar-refractivity contribution in [2.24, 2.45) is 0 Å². The molecule has 154 valence electrons. The van der Waals surface area contributed by atoms with Gasteiger partial charge in [-0.2, -0.15) is 0 Å². The van der Waals surface area contributed by atoms with E-state index in [9.17, 15) is 24.5 Å². The number of nitrogens with zero attached hydrogens (tertiary/aromatic N) is 2. The number of esters is 1. The van der Waals surface area contributed by atoms with Crippen LogP contribution in [0.25, 0.3) is 11.1 Å². The second kappa shape index (κ2) is 8.19. The third kappa shape index (κ3) is 3.91. The summed E-state index contributed by atoms with van der Waals surface area (Å²) in [6, 6.07) is 21.0. The SMILES string of the molecule is O=C(CN1C(=O)c2cccc([N+](=O)[O-])c2C1=O)OCc1ccc(-c2ccccc2)cc1. The molecule has 0 atom stereocenters. The molecule has 0 radical (unpaired) electrons. The number of amides is 2. The molecule has 8 nitrogen and oxygen atoms in total. The van der Waals surface area contributed by atoms with Crippen LogP contribution in [-0.2, 0) is 16.1 Å². The maximum absolute atomic E-state index is 12.5. The lowest BCUT2D eigenvalue weighted by Gasteiger charge is -2.13. The van der Waals surface area contributed by atoms with Crippen LogP contribution in [-0.4, -0.2) is 34.2 Å². The second-order valence-corrected chi connectivity index (χ2v) is 6.88. The minimum absolute atomic E-state index is 0.0305. The van der Waals surface area contributed by atoms with E-state index in [1.165, 1.54) is 12.1 Å². The van der Waals surface area contributed by atoms with Crippen LogP contribution in [0.2, 0.25) is 0 Å². The Labute approximate surface area is 176 Å². The average Bonchev–Trinajstić information content (AvgIpc) is 3.03. The Morgan fingerprint density at radius 2 is 1.55 bits per heavy atom. The van der Waals surface area contributed by atoms with Gasteiger partial charge in [0.05, 0.1) is 10.5 Å². The van der Waals surface area contributed by atoms with Crippen molar-refractivity contribution in [1.82, 2.24) is 4.90 Å². The molecule has 0 saturated carbocycles. The molecule has 1 aliphatic rings. The molecule has 2 amide bonds. The number of hydrogen-bond acceptors (Lipinski definition) is 6. The number of rotatable bonds is 6. The molecule has 1 aliphatic heterocycles. The first-order valence-electron chi connectivity index (χ1n) is 9.39. The smallest absolute Gasteiger partial charge is 0.326 e. The van der Waals surface area contributed by atoms with Crippen LogP contribution in [0.5, 0.6) is 0 Å². The van der Waals surface area contributed by atoms with Crippen LogP contribution < -0.4 is 0 Å². The van der Waals surface area contributed by atoms with E-state index in [-0.39, 0.29) is 17.7 Å². The number of fused-ring (bicyclic) bond motifs is 1. The third-order valence-corrected chi connectivity index (χ3v) is 4.92. The highest BCUT2D eigenvalue weighted by Gasteiger charge is 2.41. The van der Waals surface area contributed by atoms with Crippen LogP contribution in [0.3, 0.4) is 0 Å². The fourth-order valence-corrected chi connectivity index (χ4v) is 3.37. The number of nitro benzene ring substituents is 1. The summed E-state index contributed by atoms with van der Waals surface area (Å²) >= 11 is 0. The number of carbonyl (C=O) groups excluding carboxylic acids is 3. The zero-order chi connectivity index (χ0) is 22.0. The van der Waals surface area contributed by atoms with Gasteiger partial charge in [-0.3, -0.25) is 29.4 Å². The molecule has 3 aromatic carbocycles. The molecule has 0 unspecified atom stereocenters. The molecule has 0 bridgehead atoms. The lowest BCUT2D eigenvalue weighted by Crippen LogP contribution is -2.35. The molecule has 0 N–H and O–H groups in total. The maximum Gasteiger partial charge on any atom is 0.326 e. The van der Waals surface area contributed by atoms with Crippen LogP contribution in [0.4, 0.5) is 5.69 Å². The van der Waals surface area contributed by atoms with Crippen LogP contribution in [0.1, 0.15) is 26.3 Å². The zero-order valence-electron chi connectivity index (χ0n) is 16.2. The summed E-state index contributed by atoms with van der Waals surface area (Å²) in [6.45, 7) is -0.650. The number of imide groups is 1. The normalized spacial score (nSPS) is 12.6. The van der Waals surface area contributed by atoms with Gasteiger partial charge in [0, 0.05) is 6.07 Å². The van der Waals surface area contributed by atoms with Gasteiger partial charge in [-0.15, -0.1) is 0 Å². The zero-order valence-corrected chi connectivity index (χ0v) is 16.2. The molecule has 3 aromatic rings. The predicted octanol–water partition coefficient (Wildman–Crippen LogP) is 3.60. The van der Waals surface area contributed by atoms with Crippen LogP contribution in [0.15, 0.2) is 72.8 Å². The Bertz CT molecular complexity index is 1190. The standard InChI is InChI=1S/C23H16N2O6/c26-20(31-14-15-9-11-17(12-10-15)16-5-2-1-3-6-16)13-24-22(27)18-7-4-8-19(25(29)30)21(18)23(24)28/h1-12H,13-14H2. The van der Waals surface area contributed by atoms with Crippen LogP contribution in [0, 0.1) is 10.1 Å². The molecule has 0 spiro atoms. The number of nitro groups is 1. The van der Waals surface area contributed by atoms with E-state index < -0.39 is 34.9 Å². The van der Waals surface area contributed by atoms with Gasteiger partial charge in [0.25, 0.3) is 17.5 Å². The Hall–Kier alpha value is -4.33. The van der Waals surface area contributed by atoms with E-state index in [1.807, 2.05) is 54.6 Å². The molecule has 1 heterocycles. The monoisotopic (exact) mass is 416 g/mol. The first kappa shape index (κ1) is 20.0. The van der Waals surface area contributed by atoms with Gasteiger partial charge in [0.2, 0.25) is 0 Å². The highest BCUT2D eigenvalue weighted by Crippen LogP contribution is 2.30. The van der Waals surface area contributed by atoms with Crippen molar-refractivity contribution < 1.29 is 24.0 Å². The Morgan fingerprint density at radius 1 is 0.871 bits per heavy atom. The van der Waals surface area contributed by atoms with Crippen molar-refractivity contribution in [2.75, 3.05) is 6.54 Å². The summed E-state index contributed by atoms with van der Waals surface area (Å²) in [5.74, 6) is -2.42. The number of benzene rings is 3. The molecule has 8 heteroatoms. The average molecular weight is 416 g/mol. The maximum atomic E-state index is 12.5. The number of carbonyl (C=O) groups is 3. The molecular formula is C23H16N2O6. The van der Waals surface area contributed by atoms with Crippen molar-refractivity contribution in [2.45, 2.75) is 6.61 Å². The first-order valence-corrected chi connectivity index (χ1v) is 9.39. The van der Waals surface area contributed by atoms with E-state index >= 15 is 0 Å². The van der Waals surface area contributed by atoms with Crippen molar-refractivity contribution >= 4 is 23.5 Å². The van der Waals surface area contributed by atoms with Gasteiger partial charge in [-0.05, 0) is 22.8 Å². The van der Waals surface area contributed by atoms with Crippen molar-refractivity contribution in [3.05, 3.63) is 99.6 Å². The first-order chi connectivity index (χ1) is 15.0. The van der Waals surface area contributed by atoms with Crippen molar-refractivity contribution in [3.63, 3.8) is 0 Å². The molecule has 0 aromatic heterocycles. The summed E-state index contributed by atoms with van der Waals surface area (Å²) in [5, 5.41) is 11.1. The third-order valence-electron chi connectivity index (χ3n) is 4.92. The van der Waals surface area contributed by atoms with Crippen molar-refractivity contribution in [3.8, 4) is 11.1 Å². The van der Waals surface area contributed by atoms with Crippen LogP contribution >= 0.6 is 0 Å². The Balaban J connectivity index is 1.39. The molecular weight excluding hydrogens is 400 g/mol. The summed E-state index contributed by atoms with van der Waals surface area (Å²) in [4.78, 5) is 48.2. The fraction of sp³-hybridized carbons (Fsp3) is 0.0870. The van der Waals surface area contributed by atoms with E-state index in [0.717, 1.165) is 22.8 Å². The van der Waals surface area contributed by atoms with Gasteiger partial charge in [-0.25, -0.2) is 0 Å². The lowest BCUT2D eigenvalue weighted by atomic mass is 10.0. The molecule has 0 saturated heterocycles. The number of ether oxygens (including phenoxy) is 1. The number of hydrogen-bond donors (Lipinski definition) is 0. The van der Waals surface area contributed by atoms with Gasteiger partial charge < -0.3 is 4.74 Å². The fourth-order valence-electron chi connectivity index (χ4n) is 3.37. The summed E-state index contributed by atoms with van der Waals surface area (Å²) in [7, 11) is 0. The molecule has 4 rings (SSSR count). The van der Waals surface area contributed by atoms with Gasteiger partial charge in [0.1, 0.15) is 18.7 Å². The topological polar surface area (TPSA) is 107 Å². The largest absolute Gasteiger partial charge is 0.459 e. The Kier molecular flexibility index (Phi) is 5.28. The highest BCUT2D eigenvalue weighted by atomic mass is 16.6. The van der Waals surface area contributed by atoms with Gasteiger partial charge in [-0.1, -0.05) is 60.7 Å². The summed E-state index contributed by atoms with van der Waals surface area (Å²) < 4.78 is 5.19. The molecule has 0 fully saturated rings. The lowest BCUT2D eigenvalue weighted by molar-refractivity contribution is -0.385. The van der Waals surface area contributed by atoms with Gasteiger partial charge >= 0.3 is 5.97 Å². The van der Waals surface area contributed by atoms with E-state index in [0.29, 0.717) is 4.90 Å². The summed E-state index contributed by atoms with van der Waals surface area (Å²) in [6.07, 6.45) is 0. The predicted molar refractivity (Wildman–Crippen MR) is 110 cm³/mol. The summed E-state index contributed by atoms with van der Waals surface area (Å²) in [5.41, 5.74) is 1.95. The quantitative estimate of drug-likeness (QED) is 0.263. The molecule has 0 aliphatic carbocycles. The van der Waals surface area contributed by atoms with E-state index in [2.05, 4.69) is 0 Å². The van der Waals surface area contributed by atoms with Gasteiger partial charge in [0.15, 0.2) is 0 Å². The van der Waals surface area contributed by atoms with E-state index in [4.69, 9.17) is 4.74 Å². The minimum atomic E-state index is -0.878. The highest BCUT2D eigenvalue weighted by molar-refractivity contribution is 6.24. The van der Waals surface area contributed by atoms with Crippen molar-refractivity contribution in [1.29, 1.82) is 0 Å².